The van der Waals surface area contributed by atoms with Crippen molar-refractivity contribution < 1.29 is 56.1 Å². The molecule has 1 atom stereocenters. The molecule has 0 aromatic carbocycles. The Morgan fingerprint density at radius 2 is 0.556 bits per heavy atom. The van der Waals surface area contributed by atoms with Crippen LogP contribution in [0.25, 0.3) is 0 Å². The van der Waals surface area contributed by atoms with E-state index in [2.05, 4.69) is 0 Å². The van der Waals surface area contributed by atoms with Gasteiger partial charge < -0.3 is 37.2 Å². The standard InChI is InChI=1S/6ClH.Li.Mg.H3P/h6*1H;;;1H3/q;;;;;;+1;+2;/p-3. The molecule has 0 heterocycles. The van der Waals surface area contributed by atoms with Crippen LogP contribution in [0.4, 0.5) is 0 Å². The number of hydrogen-bond donors (Lipinski definition) is 0. The molecule has 56 valence electrons. The molecule has 0 bridgehead atoms. The summed E-state index contributed by atoms with van der Waals surface area (Å²) in [7, 11) is 0. The van der Waals surface area contributed by atoms with Gasteiger partial charge in [0.15, 0.2) is 0 Å². The summed E-state index contributed by atoms with van der Waals surface area (Å²) in [6.45, 7) is 0. The molecule has 0 saturated carbocycles. The van der Waals surface area contributed by atoms with Gasteiger partial charge in [-0.1, -0.05) is 0 Å². The molecule has 0 radical (unpaired) electrons. The largest absolute Gasteiger partial charge is 2.00 e. The first kappa shape index (κ1) is 134. The van der Waals surface area contributed by atoms with Crippen molar-refractivity contribution in [3.8, 4) is 0 Å². The van der Waals surface area contributed by atoms with Gasteiger partial charge in [-0.25, -0.2) is 0 Å². The van der Waals surface area contributed by atoms with Crippen LogP contribution in [0, 0.1) is 0 Å². The van der Waals surface area contributed by atoms with Crippen LogP contribution in [0.15, 0.2) is 0 Å². The zero-order valence-corrected chi connectivity index (χ0v) is 12.3. The minimum absolute atomic E-state index is 0. The summed E-state index contributed by atoms with van der Waals surface area (Å²) < 4.78 is 0. The Labute approximate surface area is 125 Å². The van der Waals surface area contributed by atoms with Crippen LogP contribution in [0.5, 0.6) is 0 Å². The first-order valence-electron chi connectivity index (χ1n) is 0. The molecule has 0 rings (SSSR count). The average molecular weight is 281 g/mol. The van der Waals surface area contributed by atoms with Gasteiger partial charge in [-0.15, -0.1) is 37.2 Å². The number of halogens is 6. The molecule has 0 aliphatic carbocycles. The summed E-state index contributed by atoms with van der Waals surface area (Å²) in [6.07, 6.45) is 0. The zero-order chi connectivity index (χ0) is 0. The van der Waals surface area contributed by atoms with Crippen LogP contribution in [0.2, 0.25) is 0 Å². The van der Waals surface area contributed by atoms with Crippen molar-refractivity contribution in [2.75, 3.05) is 0 Å². The predicted molar refractivity (Wildman–Crippen MR) is 38.6 cm³/mol. The summed E-state index contributed by atoms with van der Waals surface area (Å²) in [4.78, 5) is 0. The maximum atomic E-state index is 0. The fourth-order valence-corrected chi connectivity index (χ4v) is 0. The van der Waals surface area contributed by atoms with E-state index in [4.69, 9.17) is 0 Å². The topological polar surface area (TPSA) is 0 Å². The molecular formula is H6Cl6LiMgP. The van der Waals surface area contributed by atoms with Crippen LogP contribution in [-0.2, 0) is 0 Å². The third-order valence-corrected chi connectivity index (χ3v) is 0. The Balaban J connectivity index is 0. The third-order valence-electron chi connectivity index (χ3n) is 0. The molecule has 0 saturated heterocycles. The van der Waals surface area contributed by atoms with Gasteiger partial charge in [-0.05, 0) is 0 Å². The first-order valence-corrected chi connectivity index (χ1v) is 0. The Morgan fingerprint density at radius 1 is 0.556 bits per heavy atom. The minimum Gasteiger partial charge on any atom is -1.00 e. The van der Waals surface area contributed by atoms with Crippen molar-refractivity contribution >= 4 is 70.2 Å². The molecule has 0 spiro atoms. The number of hydrogen-bond acceptors (Lipinski definition) is 0. The molecule has 0 fully saturated rings. The van der Waals surface area contributed by atoms with Crippen molar-refractivity contribution in [3.05, 3.63) is 0 Å². The van der Waals surface area contributed by atoms with Crippen LogP contribution in [-0.4, -0.2) is 23.1 Å². The van der Waals surface area contributed by atoms with Gasteiger partial charge >= 0.3 is 41.9 Å². The summed E-state index contributed by atoms with van der Waals surface area (Å²) in [5, 5.41) is 0. The second kappa shape index (κ2) is 102. The summed E-state index contributed by atoms with van der Waals surface area (Å²) in [5.74, 6) is 0. The van der Waals surface area contributed by atoms with Crippen LogP contribution in [0.1, 0.15) is 0 Å². The summed E-state index contributed by atoms with van der Waals surface area (Å²) in [6, 6.07) is 0. The molecule has 0 N–H and O–H groups in total. The van der Waals surface area contributed by atoms with Gasteiger partial charge in [0.2, 0.25) is 0 Å². The molecule has 0 aromatic rings. The van der Waals surface area contributed by atoms with Gasteiger partial charge in [0, 0.05) is 0 Å². The minimum atomic E-state index is 0. The van der Waals surface area contributed by atoms with Crippen molar-refractivity contribution in [1.82, 2.24) is 0 Å². The fraction of sp³-hybridized carbons (Fsp3) is 0. The van der Waals surface area contributed by atoms with Crippen molar-refractivity contribution in [2.45, 2.75) is 0 Å². The zero-order valence-electron chi connectivity index (χ0n) is 4.77. The Hall–Kier alpha value is 3.53. The summed E-state index contributed by atoms with van der Waals surface area (Å²) >= 11 is 0. The second-order valence-electron chi connectivity index (χ2n) is 0. The van der Waals surface area contributed by atoms with E-state index in [0.717, 1.165) is 0 Å². The van der Waals surface area contributed by atoms with E-state index in [-0.39, 0.29) is 126 Å². The molecule has 9 heteroatoms. The Bertz CT molecular complexity index is 13.0. The average Bonchev–Trinajstić information content (AvgIpc) is 0. The van der Waals surface area contributed by atoms with E-state index in [1.807, 2.05) is 0 Å². The molecule has 0 nitrogen and oxygen atoms in total. The molecule has 0 aliphatic rings. The van der Waals surface area contributed by atoms with Crippen molar-refractivity contribution in [2.24, 2.45) is 0 Å². The molecule has 0 aliphatic heterocycles. The Morgan fingerprint density at radius 3 is 0.556 bits per heavy atom. The van der Waals surface area contributed by atoms with E-state index in [0.29, 0.717) is 0 Å². The number of rotatable bonds is 0. The third kappa shape index (κ3) is 84.0. The van der Waals surface area contributed by atoms with Crippen LogP contribution < -0.4 is 56.1 Å². The molecule has 1 unspecified atom stereocenters. The fourth-order valence-electron chi connectivity index (χ4n) is 0. The quantitative estimate of drug-likeness (QED) is 0.306. The molecule has 0 aromatic heterocycles. The Kier molecular flexibility index (Phi) is 1520. The SMILES string of the molecule is Cl.Cl.Cl.P.[Cl-].[Cl-].[Cl-].[Li+].[Mg+2]. The molecule has 0 amide bonds. The van der Waals surface area contributed by atoms with Gasteiger partial charge in [0.25, 0.3) is 0 Å². The first-order chi connectivity index (χ1) is 0. The van der Waals surface area contributed by atoms with Crippen molar-refractivity contribution in [3.63, 3.8) is 0 Å². The maximum Gasteiger partial charge on any atom is 2.00 e. The van der Waals surface area contributed by atoms with Crippen LogP contribution in [0.3, 0.4) is 0 Å². The van der Waals surface area contributed by atoms with Crippen LogP contribution >= 0.6 is 47.1 Å². The normalized spacial score (nSPS) is 0. The van der Waals surface area contributed by atoms with E-state index < -0.39 is 0 Å². The van der Waals surface area contributed by atoms with E-state index in [9.17, 15) is 0 Å². The van der Waals surface area contributed by atoms with Gasteiger partial charge in [0.1, 0.15) is 0 Å². The van der Waals surface area contributed by atoms with Gasteiger partial charge in [0.05, 0.1) is 0 Å². The van der Waals surface area contributed by atoms with E-state index in [1.165, 1.54) is 0 Å². The van der Waals surface area contributed by atoms with E-state index >= 15 is 0 Å². The van der Waals surface area contributed by atoms with Crippen molar-refractivity contribution in [1.29, 1.82) is 0 Å². The summed E-state index contributed by atoms with van der Waals surface area (Å²) in [5.41, 5.74) is 0. The van der Waals surface area contributed by atoms with Gasteiger partial charge in [-0.3, -0.25) is 0 Å². The monoisotopic (exact) mass is 278 g/mol. The second-order valence-corrected chi connectivity index (χ2v) is 0. The van der Waals surface area contributed by atoms with Gasteiger partial charge in [-0.2, -0.15) is 9.90 Å². The molecule has 9 heavy (non-hydrogen) atoms. The smallest absolute Gasteiger partial charge is 1.00 e. The van der Waals surface area contributed by atoms with E-state index in [1.54, 1.807) is 0 Å². The maximum absolute atomic E-state index is 0. The molecular weight excluding hydrogens is 275 g/mol. The predicted octanol–water partition coefficient (Wildman–Crippen LogP) is -11.0.